The fourth-order valence-corrected chi connectivity index (χ4v) is 5.61. The van der Waals surface area contributed by atoms with E-state index in [1.807, 2.05) is 19.9 Å². The van der Waals surface area contributed by atoms with E-state index in [4.69, 9.17) is 5.73 Å². The molecule has 200 valence electrons. The van der Waals surface area contributed by atoms with Gasteiger partial charge in [-0.05, 0) is 67.7 Å². The van der Waals surface area contributed by atoms with E-state index < -0.39 is 23.3 Å². The summed E-state index contributed by atoms with van der Waals surface area (Å²) in [6.07, 6.45) is 3.70. The third-order valence-electron chi connectivity index (χ3n) is 6.36. The maximum Gasteiger partial charge on any atom is 0.416 e. The van der Waals surface area contributed by atoms with Gasteiger partial charge in [-0.15, -0.1) is 11.3 Å². The zero-order chi connectivity index (χ0) is 27.7. The number of carboxylic acid groups (broad SMARTS) is 1. The molecule has 4 rings (SSSR count). The second-order valence-corrected chi connectivity index (χ2v) is 10.4. The number of benzene rings is 1. The second-order valence-electron chi connectivity index (χ2n) is 9.31. The summed E-state index contributed by atoms with van der Waals surface area (Å²) in [5.41, 5.74) is 6.31. The van der Waals surface area contributed by atoms with Gasteiger partial charge >= 0.3 is 12.1 Å². The molecule has 11 heteroatoms. The molecule has 1 aromatic carbocycles. The number of aromatic carboxylic acids is 1. The van der Waals surface area contributed by atoms with Crippen LogP contribution < -0.4 is 11.1 Å². The van der Waals surface area contributed by atoms with Gasteiger partial charge in [0.25, 0.3) is 0 Å². The van der Waals surface area contributed by atoms with Crippen molar-refractivity contribution in [1.29, 1.82) is 0 Å². The number of hydrogen-bond acceptors (Lipinski definition) is 7. The number of anilines is 1. The molecule has 2 heterocycles. The average Bonchev–Trinajstić information content (AvgIpc) is 3.35. The highest BCUT2D eigenvalue weighted by atomic mass is 32.1. The molecule has 0 bridgehead atoms. The lowest BCUT2D eigenvalue weighted by atomic mass is 9.79. The molecule has 0 saturated heterocycles. The molecule has 2 aromatic heterocycles. The van der Waals surface area contributed by atoms with Gasteiger partial charge in [-0.25, -0.2) is 14.8 Å². The Morgan fingerprint density at radius 1 is 1.26 bits per heavy atom. The van der Waals surface area contributed by atoms with Crippen LogP contribution in [0.3, 0.4) is 0 Å². The van der Waals surface area contributed by atoms with E-state index >= 15 is 0 Å². The average molecular weight is 545 g/mol. The Bertz CT molecular complexity index is 1420. The van der Waals surface area contributed by atoms with Gasteiger partial charge in [-0.2, -0.15) is 13.2 Å². The third kappa shape index (κ3) is 5.89. The number of aliphatic hydroxyl groups is 1. The maximum absolute atomic E-state index is 12.9. The van der Waals surface area contributed by atoms with Crippen LogP contribution in [0, 0.1) is 0 Å². The van der Waals surface area contributed by atoms with Gasteiger partial charge < -0.3 is 21.3 Å². The molecular formula is C27H27F3N4O3S. The lowest BCUT2D eigenvalue weighted by Gasteiger charge is -2.33. The summed E-state index contributed by atoms with van der Waals surface area (Å²) in [4.78, 5) is 20.7. The van der Waals surface area contributed by atoms with Gasteiger partial charge in [0.1, 0.15) is 22.2 Å². The molecule has 5 N–H and O–H groups in total. The van der Waals surface area contributed by atoms with Crippen LogP contribution in [0.5, 0.6) is 0 Å². The van der Waals surface area contributed by atoms with Crippen LogP contribution in [0.4, 0.5) is 19.0 Å². The molecule has 1 aliphatic carbocycles. The summed E-state index contributed by atoms with van der Waals surface area (Å²) < 4.78 is 38.8. The Morgan fingerprint density at radius 3 is 2.74 bits per heavy atom. The number of thiazole rings is 1. The van der Waals surface area contributed by atoms with E-state index in [9.17, 15) is 28.2 Å². The van der Waals surface area contributed by atoms with Crippen LogP contribution in [-0.2, 0) is 18.2 Å². The van der Waals surface area contributed by atoms with Crippen molar-refractivity contribution in [2.24, 2.45) is 5.73 Å². The summed E-state index contributed by atoms with van der Waals surface area (Å²) in [7, 11) is 0. The molecule has 0 spiro atoms. The Morgan fingerprint density at radius 2 is 2.03 bits per heavy atom. The van der Waals surface area contributed by atoms with Crippen molar-refractivity contribution < 1.29 is 28.2 Å². The number of nitrogens with two attached hydrogens (primary N) is 1. The molecule has 0 saturated carbocycles. The predicted molar refractivity (Wildman–Crippen MR) is 139 cm³/mol. The molecule has 2 unspecified atom stereocenters. The maximum atomic E-state index is 12.9. The number of carboxylic acids is 1. The fraction of sp³-hybridized carbons (Fsp3) is 0.296. The van der Waals surface area contributed by atoms with Crippen molar-refractivity contribution in [1.82, 2.24) is 9.97 Å². The van der Waals surface area contributed by atoms with E-state index in [0.717, 1.165) is 34.3 Å². The SMILES string of the molecule is CC(=C/C(C)c1cnc(C2(O)CCCc3cc(C(=O)O)ccc32)s1)/C=C(\N)Nc1cc(C(F)(F)F)ccn1. The van der Waals surface area contributed by atoms with Crippen molar-refractivity contribution >= 4 is 23.1 Å². The van der Waals surface area contributed by atoms with E-state index in [1.54, 1.807) is 24.4 Å². The van der Waals surface area contributed by atoms with E-state index in [0.29, 0.717) is 29.8 Å². The summed E-state index contributed by atoms with van der Waals surface area (Å²) in [6, 6.07) is 6.56. The fourth-order valence-electron chi connectivity index (χ4n) is 4.55. The molecule has 0 aliphatic heterocycles. The number of hydrogen-bond donors (Lipinski definition) is 4. The number of halogens is 3. The first-order chi connectivity index (χ1) is 17.9. The van der Waals surface area contributed by atoms with Crippen LogP contribution >= 0.6 is 11.3 Å². The molecule has 0 fully saturated rings. The van der Waals surface area contributed by atoms with Crippen LogP contribution in [0.2, 0.25) is 0 Å². The quantitative estimate of drug-likeness (QED) is 0.278. The number of pyridine rings is 1. The standard InChI is InChI=1S/C27H27F3N4O3S/c1-15(11-22(31)34-23-13-19(7-9-32-23)27(28,29)30)10-16(2)21-14-33-25(38-21)26(37)8-3-4-17-12-18(24(35)36)5-6-20(17)26/h5-7,9-14,16,37H,3-4,8,31H2,1-2H3,(H,32,34)(H,35,36)/b15-10-,22-11+. The Labute approximate surface area is 221 Å². The minimum absolute atomic E-state index is 0.0157. The first-order valence-corrected chi connectivity index (χ1v) is 12.7. The predicted octanol–water partition coefficient (Wildman–Crippen LogP) is 5.79. The van der Waals surface area contributed by atoms with Crippen LogP contribution in [0.25, 0.3) is 0 Å². The highest BCUT2D eigenvalue weighted by Crippen LogP contribution is 2.43. The number of nitrogens with zero attached hydrogens (tertiary/aromatic N) is 2. The summed E-state index contributed by atoms with van der Waals surface area (Å²) >= 11 is 1.38. The van der Waals surface area contributed by atoms with E-state index in [2.05, 4.69) is 15.3 Å². The Kier molecular flexibility index (Phi) is 7.61. The molecule has 7 nitrogen and oxygen atoms in total. The molecule has 0 radical (unpaired) electrons. The summed E-state index contributed by atoms with van der Waals surface area (Å²) in [6.45, 7) is 3.78. The molecule has 2 atom stereocenters. The highest BCUT2D eigenvalue weighted by Gasteiger charge is 2.39. The van der Waals surface area contributed by atoms with Crippen LogP contribution in [0.1, 0.15) is 69.5 Å². The Hall–Kier alpha value is -3.70. The number of allylic oxidation sites excluding steroid dienone is 3. The third-order valence-corrected chi connectivity index (χ3v) is 7.71. The first-order valence-electron chi connectivity index (χ1n) is 11.9. The van der Waals surface area contributed by atoms with Gasteiger partial charge in [0, 0.05) is 23.2 Å². The van der Waals surface area contributed by atoms with Gasteiger partial charge in [0.2, 0.25) is 0 Å². The van der Waals surface area contributed by atoms with Crippen molar-refractivity contribution in [3.63, 3.8) is 0 Å². The molecule has 38 heavy (non-hydrogen) atoms. The van der Waals surface area contributed by atoms with Crippen molar-refractivity contribution in [2.75, 3.05) is 5.32 Å². The monoisotopic (exact) mass is 544 g/mol. The van der Waals surface area contributed by atoms with Crippen molar-refractivity contribution in [2.45, 2.75) is 50.8 Å². The normalized spacial score (nSPS) is 19.1. The number of alkyl halides is 3. The number of aryl methyl sites for hydroxylation is 1. The van der Waals surface area contributed by atoms with Gasteiger partial charge in [0.05, 0.1) is 11.1 Å². The smallest absolute Gasteiger partial charge is 0.416 e. The van der Waals surface area contributed by atoms with E-state index in [1.165, 1.54) is 17.4 Å². The van der Waals surface area contributed by atoms with Gasteiger partial charge in [-0.3, -0.25) is 0 Å². The topological polar surface area (TPSA) is 121 Å². The number of nitrogens with one attached hydrogen (secondary N) is 1. The molecular weight excluding hydrogens is 517 g/mol. The van der Waals surface area contributed by atoms with Crippen molar-refractivity contribution in [3.8, 4) is 0 Å². The largest absolute Gasteiger partial charge is 0.478 e. The zero-order valence-electron chi connectivity index (χ0n) is 20.7. The number of fused-ring (bicyclic) bond motifs is 1. The minimum atomic E-state index is -4.48. The number of aromatic nitrogens is 2. The van der Waals surface area contributed by atoms with Crippen LogP contribution in [-0.4, -0.2) is 26.2 Å². The lowest BCUT2D eigenvalue weighted by molar-refractivity contribution is -0.137. The Balaban J connectivity index is 1.50. The lowest BCUT2D eigenvalue weighted by Crippen LogP contribution is -2.32. The van der Waals surface area contributed by atoms with Crippen molar-refractivity contribution in [3.05, 3.63) is 98.4 Å². The summed E-state index contributed by atoms with van der Waals surface area (Å²) in [5.74, 6) is -0.974. The number of carbonyl (C=O) groups is 1. The van der Waals surface area contributed by atoms with Crippen LogP contribution in [0.15, 0.2) is 66.3 Å². The number of rotatable bonds is 7. The molecule has 3 aromatic rings. The molecule has 1 aliphatic rings. The minimum Gasteiger partial charge on any atom is -0.478 e. The van der Waals surface area contributed by atoms with Gasteiger partial charge in [-0.1, -0.05) is 24.6 Å². The van der Waals surface area contributed by atoms with E-state index in [-0.39, 0.29) is 23.1 Å². The highest BCUT2D eigenvalue weighted by molar-refractivity contribution is 7.11. The van der Waals surface area contributed by atoms with Gasteiger partial charge in [0.15, 0.2) is 0 Å². The zero-order valence-corrected chi connectivity index (χ0v) is 21.5. The molecule has 0 amide bonds. The second kappa shape index (κ2) is 10.6. The summed E-state index contributed by atoms with van der Waals surface area (Å²) in [5, 5.41) is 24.1. The first kappa shape index (κ1) is 27.3.